The van der Waals surface area contributed by atoms with E-state index in [9.17, 15) is 0 Å². The summed E-state index contributed by atoms with van der Waals surface area (Å²) in [5.74, 6) is 1.61. The number of aliphatic imine (C=N–C) groups is 1. The van der Waals surface area contributed by atoms with Crippen molar-refractivity contribution in [3.8, 4) is 5.75 Å². The van der Waals surface area contributed by atoms with Crippen LogP contribution in [0.5, 0.6) is 5.75 Å². The largest absolute Gasteiger partial charge is 0.489 e. The van der Waals surface area contributed by atoms with Gasteiger partial charge in [0.2, 0.25) is 0 Å². The highest BCUT2D eigenvalue weighted by Crippen LogP contribution is 2.15. The number of aryl methyl sites for hydroxylation is 1. The van der Waals surface area contributed by atoms with Crippen LogP contribution in [-0.2, 0) is 19.7 Å². The van der Waals surface area contributed by atoms with E-state index < -0.39 is 0 Å². The topological polar surface area (TPSA) is 58.5 Å². The molecule has 0 unspecified atom stereocenters. The Balaban J connectivity index is 0.00000280. The lowest BCUT2D eigenvalue weighted by molar-refractivity contribution is 0.306. The van der Waals surface area contributed by atoms with Gasteiger partial charge in [-0.1, -0.05) is 42.5 Å². The van der Waals surface area contributed by atoms with Gasteiger partial charge in [-0.15, -0.1) is 35.3 Å². The van der Waals surface area contributed by atoms with Crippen molar-refractivity contribution in [2.45, 2.75) is 26.6 Å². The minimum atomic E-state index is 0. The van der Waals surface area contributed by atoms with Crippen LogP contribution in [0.3, 0.4) is 0 Å². The molecule has 3 aromatic rings. The molecule has 2 aromatic carbocycles. The SMILES string of the molecule is CN=C(NCc1cccc(OCc2ccccc2)c1)NCc1ncc(C)s1.I. The maximum Gasteiger partial charge on any atom is 0.191 e. The van der Waals surface area contributed by atoms with Gasteiger partial charge in [0, 0.05) is 24.7 Å². The van der Waals surface area contributed by atoms with Gasteiger partial charge < -0.3 is 15.4 Å². The Bertz CT molecular complexity index is 883. The quantitative estimate of drug-likeness (QED) is 0.280. The number of guanidine groups is 1. The number of nitrogens with one attached hydrogen (secondary N) is 2. The van der Waals surface area contributed by atoms with Gasteiger partial charge in [0.25, 0.3) is 0 Å². The summed E-state index contributed by atoms with van der Waals surface area (Å²) in [7, 11) is 1.77. The molecule has 0 atom stereocenters. The molecule has 3 rings (SSSR count). The lowest BCUT2D eigenvalue weighted by Crippen LogP contribution is -2.36. The molecule has 0 aliphatic rings. The number of hydrogen-bond donors (Lipinski definition) is 2. The molecule has 0 spiro atoms. The number of aromatic nitrogens is 1. The highest BCUT2D eigenvalue weighted by atomic mass is 127. The predicted octanol–water partition coefficient (Wildman–Crippen LogP) is 4.51. The highest BCUT2D eigenvalue weighted by molar-refractivity contribution is 14.0. The highest BCUT2D eigenvalue weighted by Gasteiger charge is 2.03. The van der Waals surface area contributed by atoms with Crippen LogP contribution in [0.15, 0.2) is 65.8 Å². The van der Waals surface area contributed by atoms with Crippen molar-refractivity contribution >= 4 is 41.3 Å². The lowest BCUT2D eigenvalue weighted by Gasteiger charge is -2.12. The van der Waals surface area contributed by atoms with Crippen LogP contribution in [0.1, 0.15) is 21.0 Å². The Hall–Kier alpha value is -2.13. The van der Waals surface area contributed by atoms with E-state index >= 15 is 0 Å². The average molecular weight is 508 g/mol. The summed E-state index contributed by atoms with van der Waals surface area (Å²) in [5.41, 5.74) is 2.29. The van der Waals surface area contributed by atoms with Crippen LogP contribution in [0.2, 0.25) is 0 Å². The number of nitrogens with zero attached hydrogens (tertiary/aromatic N) is 2. The zero-order valence-corrected chi connectivity index (χ0v) is 19.2. The Morgan fingerprint density at radius 3 is 2.50 bits per heavy atom. The minimum Gasteiger partial charge on any atom is -0.489 e. The Kier molecular flexibility index (Phi) is 9.22. The second kappa shape index (κ2) is 11.7. The van der Waals surface area contributed by atoms with Crippen LogP contribution in [0.25, 0.3) is 0 Å². The number of benzene rings is 2. The number of thiazole rings is 1. The van der Waals surface area contributed by atoms with E-state index in [1.807, 2.05) is 42.6 Å². The van der Waals surface area contributed by atoms with E-state index in [4.69, 9.17) is 4.74 Å². The molecular formula is C21H25IN4OS. The van der Waals surface area contributed by atoms with Crippen molar-refractivity contribution in [1.29, 1.82) is 0 Å². The molecule has 0 saturated carbocycles. The van der Waals surface area contributed by atoms with Gasteiger partial charge in [-0.2, -0.15) is 0 Å². The van der Waals surface area contributed by atoms with Crippen LogP contribution in [0.4, 0.5) is 0 Å². The fourth-order valence-corrected chi connectivity index (χ4v) is 3.26. The third-order valence-corrected chi connectivity index (χ3v) is 4.82. The predicted molar refractivity (Wildman–Crippen MR) is 127 cm³/mol. The standard InChI is InChI=1S/C21H24N4OS.HI/c1-16-12-23-20(27-16)14-25-21(22-2)24-13-18-9-6-10-19(11-18)26-15-17-7-4-3-5-8-17;/h3-12H,13-15H2,1-2H3,(H2,22,24,25);1H. The first-order chi connectivity index (χ1) is 13.2. The molecule has 5 nitrogen and oxygen atoms in total. The molecule has 0 bridgehead atoms. The van der Waals surface area contributed by atoms with Crippen LogP contribution in [0, 0.1) is 6.92 Å². The van der Waals surface area contributed by atoms with Crippen molar-refractivity contribution in [3.05, 3.63) is 81.8 Å². The number of hydrogen-bond acceptors (Lipinski definition) is 4. The monoisotopic (exact) mass is 508 g/mol. The van der Waals surface area contributed by atoms with Gasteiger partial charge in [0.1, 0.15) is 17.4 Å². The molecule has 0 radical (unpaired) electrons. The smallest absolute Gasteiger partial charge is 0.191 e. The molecule has 0 aliphatic heterocycles. The summed E-state index contributed by atoms with van der Waals surface area (Å²) >= 11 is 1.69. The number of rotatable bonds is 7. The second-order valence-electron chi connectivity index (χ2n) is 6.07. The van der Waals surface area contributed by atoms with Crippen LogP contribution in [-0.4, -0.2) is 18.0 Å². The molecule has 148 valence electrons. The maximum absolute atomic E-state index is 5.89. The molecule has 0 amide bonds. The van der Waals surface area contributed by atoms with E-state index in [-0.39, 0.29) is 24.0 Å². The van der Waals surface area contributed by atoms with E-state index in [2.05, 4.69) is 45.7 Å². The maximum atomic E-state index is 5.89. The fraction of sp³-hybridized carbons (Fsp3) is 0.238. The van der Waals surface area contributed by atoms with Crippen molar-refractivity contribution in [3.63, 3.8) is 0 Å². The van der Waals surface area contributed by atoms with Gasteiger partial charge >= 0.3 is 0 Å². The average Bonchev–Trinajstić information content (AvgIpc) is 3.13. The third kappa shape index (κ3) is 7.12. The Morgan fingerprint density at radius 1 is 1.04 bits per heavy atom. The number of ether oxygens (including phenoxy) is 1. The zero-order chi connectivity index (χ0) is 18.9. The number of halogens is 1. The summed E-state index contributed by atoms with van der Waals surface area (Å²) in [5, 5.41) is 7.66. The molecule has 0 aliphatic carbocycles. The molecule has 7 heteroatoms. The van der Waals surface area contributed by atoms with Crippen molar-refractivity contribution in [2.75, 3.05) is 7.05 Å². The van der Waals surface area contributed by atoms with E-state index in [1.165, 1.54) is 4.88 Å². The second-order valence-corrected chi connectivity index (χ2v) is 7.38. The van der Waals surface area contributed by atoms with Crippen LogP contribution >= 0.6 is 35.3 Å². The molecule has 28 heavy (non-hydrogen) atoms. The Labute approximate surface area is 187 Å². The summed E-state index contributed by atoms with van der Waals surface area (Å²) in [6.45, 7) is 3.95. The molecule has 0 fully saturated rings. The first kappa shape index (κ1) is 22.2. The zero-order valence-electron chi connectivity index (χ0n) is 16.0. The summed E-state index contributed by atoms with van der Waals surface area (Å²) in [6.07, 6.45) is 1.89. The first-order valence-electron chi connectivity index (χ1n) is 8.84. The van der Waals surface area contributed by atoms with Crippen LogP contribution < -0.4 is 15.4 Å². The van der Waals surface area contributed by atoms with E-state index in [1.54, 1.807) is 18.4 Å². The van der Waals surface area contributed by atoms with Gasteiger partial charge in [0.15, 0.2) is 5.96 Å². The fourth-order valence-electron chi connectivity index (χ4n) is 2.54. The van der Waals surface area contributed by atoms with Gasteiger partial charge in [-0.05, 0) is 30.2 Å². The first-order valence-corrected chi connectivity index (χ1v) is 9.66. The summed E-state index contributed by atoms with van der Waals surface area (Å²) < 4.78 is 5.89. The molecular weight excluding hydrogens is 483 g/mol. The van der Waals surface area contributed by atoms with Gasteiger partial charge in [0.05, 0.1) is 6.54 Å². The minimum absolute atomic E-state index is 0. The van der Waals surface area contributed by atoms with Crippen molar-refractivity contribution in [1.82, 2.24) is 15.6 Å². The molecule has 1 aromatic heterocycles. The van der Waals surface area contributed by atoms with Gasteiger partial charge in [-0.25, -0.2) is 4.98 Å². The molecule has 2 N–H and O–H groups in total. The lowest BCUT2D eigenvalue weighted by atomic mass is 10.2. The van der Waals surface area contributed by atoms with Crippen molar-refractivity contribution < 1.29 is 4.74 Å². The van der Waals surface area contributed by atoms with E-state index in [0.717, 1.165) is 27.8 Å². The van der Waals surface area contributed by atoms with Gasteiger partial charge in [-0.3, -0.25) is 4.99 Å². The summed E-state index contributed by atoms with van der Waals surface area (Å²) in [6, 6.07) is 18.3. The molecule has 1 heterocycles. The Morgan fingerprint density at radius 2 is 1.79 bits per heavy atom. The third-order valence-electron chi connectivity index (χ3n) is 3.91. The van der Waals surface area contributed by atoms with Crippen molar-refractivity contribution in [2.24, 2.45) is 4.99 Å². The van der Waals surface area contributed by atoms with E-state index in [0.29, 0.717) is 19.7 Å². The summed E-state index contributed by atoms with van der Waals surface area (Å²) in [4.78, 5) is 9.83. The normalized spacial score (nSPS) is 10.9. The molecule has 0 saturated heterocycles.